The fourth-order valence-electron chi connectivity index (χ4n) is 1.42. The zero-order valence-electron chi connectivity index (χ0n) is 10.7. The predicted octanol–water partition coefficient (Wildman–Crippen LogP) is 2.59. The smallest absolute Gasteiger partial charge is 0.107 e. The second-order valence-electron chi connectivity index (χ2n) is 3.45. The monoisotopic (exact) mass is 600 g/mol. The Bertz CT molecular complexity index is 426. The molecule has 0 N–H and O–H groups in total. The summed E-state index contributed by atoms with van der Waals surface area (Å²) in [4.78, 5) is 0. The number of halogens is 2. The minimum atomic E-state index is -0.308. The van der Waals surface area contributed by atoms with Gasteiger partial charge in [-0.05, 0) is 0 Å². The fourth-order valence-corrected chi connectivity index (χ4v) is 3.75. The van der Waals surface area contributed by atoms with Crippen LogP contribution in [0, 0.1) is 0 Å². The molecule has 0 spiro atoms. The summed E-state index contributed by atoms with van der Waals surface area (Å²) in [6.07, 6.45) is 0. The molecular formula is C14H16I2O2Te. The summed E-state index contributed by atoms with van der Waals surface area (Å²) in [5.41, 5.74) is 0. The van der Waals surface area contributed by atoms with Gasteiger partial charge in [-0.15, -0.1) is 48.0 Å². The van der Waals surface area contributed by atoms with Crippen molar-refractivity contribution < 1.29 is 9.47 Å². The second kappa shape index (κ2) is 10.1. The van der Waals surface area contributed by atoms with E-state index in [1.807, 2.05) is 24.3 Å². The number of ether oxygens (including phenoxy) is 2. The van der Waals surface area contributed by atoms with Gasteiger partial charge in [-0.2, -0.15) is 0 Å². The summed E-state index contributed by atoms with van der Waals surface area (Å²) < 4.78 is 13.1. The number of benzene rings is 2. The zero-order chi connectivity index (χ0) is 12.1. The van der Waals surface area contributed by atoms with Crippen molar-refractivity contribution in [2.75, 3.05) is 14.2 Å². The third-order valence-corrected chi connectivity index (χ3v) is 5.25. The van der Waals surface area contributed by atoms with Gasteiger partial charge in [-0.3, -0.25) is 0 Å². The van der Waals surface area contributed by atoms with Crippen LogP contribution in [0.1, 0.15) is 0 Å². The maximum Gasteiger partial charge on any atom is -0.107 e. The zero-order valence-corrected chi connectivity index (χ0v) is 17.7. The van der Waals surface area contributed by atoms with E-state index in [-0.39, 0.29) is 68.9 Å². The fraction of sp³-hybridized carbons (Fsp3) is 0.143. The molecular weight excluding hydrogens is 582 g/mol. The summed E-state index contributed by atoms with van der Waals surface area (Å²) in [7, 11) is 3.38. The summed E-state index contributed by atoms with van der Waals surface area (Å²) >= 11 is -0.308. The minimum Gasteiger partial charge on any atom is -0.107 e. The molecule has 0 aliphatic heterocycles. The Morgan fingerprint density at radius 2 is 0.947 bits per heavy atom. The van der Waals surface area contributed by atoms with Gasteiger partial charge in [0.25, 0.3) is 0 Å². The van der Waals surface area contributed by atoms with Gasteiger partial charge >= 0.3 is 112 Å². The normalized spacial score (nSPS) is 8.95. The van der Waals surface area contributed by atoms with Crippen LogP contribution >= 0.6 is 48.0 Å². The number of rotatable bonds is 4. The van der Waals surface area contributed by atoms with Crippen molar-refractivity contribution in [2.45, 2.75) is 0 Å². The molecule has 2 rings (SSSR count). The maximum atomic E-state index is 5.15. The molecule has 0 atom stereocenters. The van der Waals surface area contributed by atoms with E-state index >= 15 is 0 Å². The van der Waals surface area contributed by atoms with Crippen LogP contribution in [0.25, 0.3) is 0 Å². The van der Waals surface area contributed by atoms with Gasteiger partial charge < -0.3 is 0 Å². The van der Waals surface area contributed by atoms with Gasteiger partial charge in [-0.1, -0.05) is 0 Å². The molecule has 2 nitrogen and oxygen atoms in total. The van der Waals surface area contributed by atoms with E-state index in [0.717, 1.165) is 11.5 Å². The molecule has 0 saturated carbocycles. The van der Waals surface area contributed by atoms with Gasteiger partial charge in [0.15, 0.2) is 0 Å². The van der Waals surface area contributed by atoms with Gasteiger partial charge in [0.05, 0.1) is 0 Å². The van der Waals surface area contributed by atoms with Crippen molar-refractivity contribution in [3.8, 4) is 11.5 Å². The molecule has 0 fully saturated rings. The van der Waals surface area contributed by atoms with Crippen LogP contribution < -0.4 is 16.7 Å². The standard InChI is InChI=1S/C14H14O2Te.2HI/c1-15-11-3-7-13(8-4-11)17-14-9-5-12(16-2)6-10-14;;/h3-10H,1-2H3;2*1H. The van der Waals surface area contributed by atoms with E-state index in [0.29, 0.717) is 0 Å². The summed E-state index contributed by atoms with van der Waals surface area (Å²) in [6.45, 7) is 0. The van der Waals surface area contributed by atoms with E-state index < -0.39 is 0 Å². The Hall–Kier alpha value is 0.290. The van der Waals surface area contributed by atoms with Crippen LogP contribution in [0.2, 0.25) is 0 Å². The van der Waals surface area contributed by atoms with Crippen molar-refractivity contribution in [2.24, 2.45) is 0 Å². The van der Waals surface area contributed by atoms with E-state index in [4.69, 9.17) is 9.47 Å². The predicted molar refractivity (Wildman–Crippen MR) is 102 cm³/mol. The first-order valence-electron chi connectivity index (χ1n) is 5.28. The molecule has 104 valence electrons. The molecule has 0 bridgehead atoms. The molecule has 0 aliphatic rings. The molecule has 0 saturated heterocycles. The molecule has 0 heterocycles. The van der Waals surface area contributed by atoms with Crippen LogP contribution in [0.5, 0.6) is 11.5 Å². The van der Waals surface area contributed by atoms with Crippen LogP contribution in [0.4, 0.5) is 0 Å². The first-order chi connectivity index (χ1) is 8.31. The van der Waals surface area contributed by atoms with Gasteiger partial charge in [0.1, 0.15) is 0 Å². The quantitative estimate of drug-likeness (QED) is 0.399. The Morgan fingerprint density at radius 3 is 1.21 bits per heavy atom. The van der Waals surface area contributed by atoms with Gasteiger partial charge in [0, 0.05) is 0 Å². The SMILES string of the molecule is COc1ccc([Te]c2ccc(OC)cc2)cc1.I.I. The van der Waals surface area contributed by atoms with E-state index in [1.165, 1.54) is 7.22 Å². The summed E-state index contributed by atoms with van der Waals surface area (Å²) in [5, 5.41) is 0. The number of hydrogen-bond donors (Lipinski definition) is 0. The first kappa shape index (κ1) is 19.3. The molecule has 0 aliphatic carbocycles. The van der Waals surface area contributed by atoms with Crippen molar-refractivity contribution in [1.29, 1.82) is 0 Å². The van der Waals surface area contributed by atoms with Crippen molar-refractivity contribution >= 4 is 76.1 Å². The molecule has 19 heavy (non-hydrogen) atoms. The minimum absolute atomic E-state index is 0. The van der Waals surface area contributed by atoms with E-state index in [1.54, 1.807) is 14.2 Å². The van der Waals surface area contributed by atoms with E-state index in [9.17, 15) is 0 Å². The third-order valence-electron chi connectivity index (χ3n) is 2.35. The average molecular weight is 598 g/mol. The molecule has 0 aromatic heterocycles. The number of hydrogen-bond acceptors (Lipinski definition) is 2. The van der Waals surface area contributed by atoms with Crippen LogP contribution in [0.15, 0.2) is 48.5 Å². The largest absolute Gasteiger partial charge is 0.107 e. The average Bonchev–Trinajstić information content (AvgIpc) is 2.40. The van der Waals surface area contributed by atoms with Crippen molar-refractivity contribution in [1.82, 2.24) is 0 Å². The summed E-state index contributed by atoms with van der Waals surface area (Å²) in [6, 6.07) is 16.6. The van der Waals surface area contributed by atoms with E-state index in [2.05, 4.69) is 24.3 Å². The Balaban J connectivity index is 0.00000162. The first-order valence-corrected chi connectivity index (χ1v) is 7.61. The molecule has 5 heteroatoms. The van der Waals surface area contributed by atoms with Gasteiger partial charge in [-0.25, -0.2) is 0 Å². The molecule has 0 amide bonds. The molecule has 0 radical (unpaired) electrons. The van der Waals surface area contributed by atoms with Crippen LogP contribution in [-0.2, 0) is 0 Å². The van der Waals surface area contributed by atoms with Crippen molar-refractivity contribution in [3.05, 3.63) is 48.5 Å². The Kier molecular flexibility index (Phi) is 10.2. The Labute approximate surface area is 158 Å². The third kappa shape index (κ3) is 6.06. The molecule has 2 aromatic rings. The summed E-state index contributed by atoms with van der Waals surface area (Å²) in [5.74, 6) is 1.83. The van der Waals surface area contributed by atoms with Crippen molar-refractivity contribution in [3.63, 3.8) is 0 Å². The number of methoxy groups -OCH3 is 2. The second-order valence-corrected chi connectivity index (χ2v) is 6.73. The molecule has 2 aromatic carbocycles. The Morgan fingerprint density at radius 1 is 0.632 bits per heavy atom. The maximum absolute atomic E-state index is 5.15. The van der Waals surface area contributed by atoms with Crippen LogP contribution in [-0.4, -0.2) is 35.1 Å². The van der Waals surface area contributed by atoms with Crippen LogP contribution in [0.3, 0.4) is 0 Å². The molecule has 0 unspecified atom stereocenters. The van der Waals surface area contributed by atoms with Gasteiger partial charge in [0.2, 0.25) is 0 Å². The topological polar surface area (TPSA) is 18.5 Å².